The van der Waals surface area contributed by atoms with Gasteiger partial charge >= 0.3 is 0 Å². The Labute approximate surface area is 109 Å². The Hall–Kier alpha value is -1.06. The van der Waals surface area contributed by atoms with Gasteiger partial charge in [-0.25, -0.2) is 0 Å². The number of hydrogen-bond acceptors (Lipinski definition) is 2. The van der Waals surface area contributed by atoms with Gasteiger partial charge in [0, 0.05) is 13.1 Å². The van der Waals surface area contributed by atoms with Crippen molar-refractivity contribution >= 4 is 18.3 Å². The van der Waals surface area contributed by atoms with Gasteiger partial charge in [-0.2, -0.15) is 0 Å². The highest BCUT2D eigenvalue weighted by atomic mass is 35.5. The zero-order chi connectivity index (χ0) is 12.2. The molecule has 0 unspecified atom stereocenters. The van der Waals surface area contributed by atoms with Crippen molar-refractivity contribution < 1.29 is 4.79 Å². The fraction of sp³-hybridized carbons (Fsp3) is 0.462. The standard InChI is InChI=1S/C13H20N2O.ClH/c1-10-6-4-5-7-11(10)8-15-12(16)13(2,3)9-14;/h4-7H,8-9,14H2,1-3H3,(H,15,16);1H. The van der Waals surface area contributed by atoms with Crippen LogP contribution in [0.2, 0.25) is 0 Å². The second kappa shape index (κ2) is 6.62. The zero-order valence-corrected chi connectivity index (χ0v) is 11.4. The lowest BCUT2D eigenvalue weighted by Crippen LogP contribution is -2.41. The Bertz CT molecular complexity index is 377. The lowest BCUT2D eigenvalue weighted by atomic mass is 9.92. The lowest BCUT2D eigenvalue weighted by Gasteiger charge is -2.21. The smallest absolute Gasteiger partial charge is 0.227 e. The molecule has 1 rings (SSSR count). The predicted molar refractivity (Wildman–Crippen MR) is 73.1 cm³/mol. The summed E-state index contributed by atoms with van der Waals surface area (Å²) in [7, 11) is 0. The fourth-order valence-corrected chi connectivity index (χ4v) is 1.32. The second-order valence-electron chi connectivity index (χ2n) is 4.70. The van der Waals surface area contributed by atoms with E-state index < -0.39 is 5.41 Å². The Kier molecular flexibility index (Phi) is 6.21. The van der Waals surface area contributed by atoms with Gasteiger partial charge in [0.1, 0.15) is 0 Å². The van der Waals surface area contributed by atoms with Gasteiger partial charge in [-0.1, -0.05) is 24.3 Å². The molecule has 0 saturated heterocycles. The highest BCUT2D eigenvalue weighted by Crippen LogP contribution is 2.13. The average molecular weight is 257 g/mol. The van der Waals surface area contributed by atoms with Crippen molar-refractivity contribution in [3.63, 3.8) is 0 Å². The van der Waals surface area contributed by atoms with Gasteiger partial charge in [0.05, 0.1) is 5.41 Å². The Balaban J connectivity index is 0.00000256. The van der Waals surface area contributed by atoms with Gasteiger partial charge in [0.25, 0.3) is 0 Å². The van der Waals surface area contributed by atoms with Gasteiger partial charge in [-0.3, -0.25) is 4.79 Å². The largest absolute Gasteiger partial charge is 0.352 e. The van der Waals surface area contributed by atoms with E-state index in [4.69, 9.17) is 5.73 Å². The summed E-state index contributed by atoms with van der Waals surface area (Å²) in [6, 6.07) is 8.02. The molecule has 3 N–H and O–H groups in total. The molecule has 0 radical (unpaired) electrons. The van der Waals surface area contributed by atoms with Crippen LogP contribution in [0.3, 0.4) is 0 Å². The lowest BCUT2D eigenvalue weighted by molar-refractivity contribution is -0.129. The molecule has 0 fully saturated rings. The van der Waals surface area contributed by atoms with Gasteiger partial charge in [0.2, 0.25) is 5.91 Å². The molecule has 0 heterocycles. The highest BCUT2D eigenvalue weighted by Gasteiger charge is 2.25. The van der Waals surface area contributed by atoms with Crippen LogP contribution in [-0.4, -0.2) is 12.5 Å². The summed E-state index contributed by atoms with van der Waals surface area (Å²) >= 11 is 0. The molecule has 0 bridgehead atoms. The van der Waals surface area contributed by atoms with Gasteiger partial charge in [-0.15, -0.1) is 12.4 Å². The molecule has 1 amide bonds. The number of aryl methyl sites for hydroxylation is 1. The molecule has 17 heavy (non-hydrogen) atoms. The number of hydrogen-bond donors (Lipinski definition) is 2. The van der Waals surface area contributed by atoms with Crippen LogP contribution in [0, 0.1) is 12.3 Å². The van der Waals surface area contributed by atoms with Gasteiger partial charge in [0.15, 0.2) is 0 Å². The first-order valence-corrected chi connectivity index (χ1v) is 5.50. The summed E-state index contributed by atoms with van der Waals surface area (Å²) < 4.78 is 0. The fourth-order valence-electron chi connectivity index (χ4n) is 1.32. The molecule has 0 saturated carbocycles. The van der Waals surface area contributed by atoms with Crippen molar-refractivity contribution in [2.75, 3.05) is 6.54 Å². The van der Waals surface area contributed by atoms with Crippen molar-refractivity contribution in [3.05, 3.63) is 35.4 Å². The maximum Gasteiger partial charge on any atom is 0.227 e. The number of benzene rings is 1. The average Bonchev–Trinajstić information content (AvgIpc) is 2.27. The van der Waals surface area contributed by atoms with Crippen LogP contribution in [0.4, 0.5) is 0 Å². The van der Waals surface area contributed by atoms with E-state index in [0.717, 1.165) is 5.56 Å². The maximum atomic E-state index is 11.8. The molecule has 3 nitrogen and oxygen atoms in total. The summed E-state index contributed by atoms with van der Waals surface area (Å²) in [5.41, 5.74) is 7.38. The third-order valence-electron chi connectivity index (χ3n) is 2.83. The molecule has 0 aliphatic heterocycles. The van der Waals surface area contributed by atoms with E-state index in [0.29, 0.717) is 13.1 Å². The number of halogens is 1. The quantitative estimate of drug-likeness (QED) is 0.866. The number of nitrogens with two attached hydrogens (primary N) is 1. The summed E-state index contributed by atoms with van der Waals surface area (Å²) in [5, 5.41) is 2.91. The first-order valence-electron chi connectivity index (χ1n) is 5.50. The summed E-state index contributed by atoms with van der Waals surface area (Å²) in [4.78, 5) is 11.8. The Morgan fingerprint density at radius 1 is 1.35 bits per heavy atom. The van der Waals surface area contributed by atoms with Crippen LogP contribution in [0.25, 0.3) is 0 Å². The number of carbonyl (C=O) groups is 1. The summed E-state index contributed by atoms with van der Waals surface area (Å²) in [6.45, 7) is 6.65. The number of nitrogens with one attached hydrogen (secondary N) is 1. The molecule has 1 aromatic rings. The van der Waals surface area contributed by atoms with Crippen molar-refractivity contribution in [3.8, 4) is 0 Å². The SMILES string of the molecule is Cc1ccccc1CNC(=O)C(C)(C)CN.Cl. The summed E-state index contributed by atoms with van der Waals surface area (Å²) in [6.07, 6.45) is 0. The third kappa shape index (κ3) is 4.36. The predicted octanol–water partition coefficient (Wildman–Crippen LogP) is 2.02. The Morgan fingerprint density at radius 2 is 1.94 bits per heavy atom. The third-order valence-corrected chi connectivity index (χ3v) is 2.83. The molecule has 96 valence electrons. The van der Waals surface area contributed by atoms with E-state index in [1.807, 2.05) is 45.0 Å². The van der Waals surface area contributed by atoms with E-state index in [2.05, 4.69) is 5.32 Å². The minimum atomic E-state index is -0.497. The van der Waals surface area contributed by atoms with E-state index in [1.54, 1.807) is 0 Å². The molecule has 0 atom stereocenters. The van der Waals surface area contributed by atoms with Crippen LogP contribution in [-0.2, 0) is 11.3 Å². The van der Waals surface area contributed by atoms with Crippen LogP contribution >= 0.6 is 12.4 Å². The molecule has 1 aromatic carbocycles. The van der Waals surface area contributed by atoms with E-state index in [-0.39, 0.29) is 18.3 Å². The molecule has 0 aromatic heterocycles. The van der Waals surface area contributed by atoms with E-state index in [1.165, 1.54) is 5.56 Å². The van der Waals surface area contributed by atoms with Crippen molar-refractivity contribution in [1.82, 2.24) is 5.32 Å². The number of rotatable bonds is 4. The minimum absolute atomic E-state index is 0. The highest BCUT2D eigenvalue weighted by molar-refractivity contribution is 5.85. The maximum absolute atomic E-state index is 11.8. The molecular formula is C13H21ClN2O. The van der Waals surface area contributed by atoms with Crippen LogP contribution in [0.1, 0.15) is 25.0 Å². The molecule has 4 heteroatoms. The first kappa shape index (κ1) is 15.9. The Morgan fingerprint density at radius 3 is 2.47 bits per heavy atom. The molecule has 0 aliphatic carbocycles. The van der Waals surface area contributed by atoms with Crippen LogP contribution < -0.4 is 11.1 Å². The summed E-state index contributed by atoms with van der Waals surface area (Å²) in [5.74, 6) is -0.00162. The van der Waals surface area contributed by atoms with E-state index in [9.17, 15) is 4.79 Å². The normalized spacial score (nSPS) is 10.6. The second-order valence-corrected chi connectivity index (χ2v) is 4.70. The van der Waals surface area contributed by atoms with Crippen molar-refractivity contribution in [2.45, 2.75) is 27.3 Å². The monoisotopic (exact) mass is 256 g/mol. The number of amides is 1. The molecule has 0 spiro atoms. The van der Waals surface area contributed by atoms with Crippen LogP contribution in [0.15, 0.2) is 24.3 Å². The zero-order valence-electron chi connectivity index (χ0n) is 10.6. The first-order chi connectivity index (χ1) is 7.47. The molecular weight excluding hydrogens is 236 g/mol. The van der Waals surface area contributed by atoms with Gasteiger partial charge in [-0.05, 0) is 31.9 Å². The topological polar surface area (TPSA) is 55.1 Å². The number of carbonyl (C=O) groups excluding carboxylic acids is 1. The van der Waals surface area contributed by atoms with Crippen molar-refractivity contribution in [2.24, 2.45) is 11.1 Å². The minimum Gasteiger partial charge on any atom is -0.352 e. The van der Waals surface area contributed by atoms with E-state index >= 15 is 0 Å². The molecule has 0 aliphatic rings. The van der Waals surface area contributed by atoms with Crippen molar-refractivity contribution in [1.29, 1.82) is 0 Å². The van der Waals surface area contributed by atoms with Gasteiger partial charge < -0.3 is 11.1 Å². The van der Waals surface area contributed by atoms with Crippen LogP contribution in [0.5, 0.6) is 0 Å².